The first-order valence-corrected chi connectivity index (χ1v) is 19.1. The predicted octanol–water partition coefficient (Wildman–Crippen LogP) is 13.0. The second kappa shape index (κ2) is 22.3. The Balaban J connectivity index is 0.000000396. The van der Waals surface area contributed by atoms with Crippen LogP contribution in [0, 0.1) is 36.0 Å². The summed E-state index contributed by atoms with van der Waals surface area (Å²) in [6.45, 7) is 23.3. The zero-order valence-electron chi connectivity index (χ0n) is 32.4. The van der Waals surface area contributed by atoms with Gasteiger partial charge in [0.05, 0.1) is 6.10 Å². The van der Waals surface area contributed by atoms with Crippen LogP contribution in [0.3, 0.4) is 0 Å². The number of benzene rings is 1. The van der Waals surface area contributed by atoms with Crippen LogP contribution in [0.25, 0.3) is 0 Å². The molecule has 2 aliphatic carbocycles. The van der Waals surface area contributed by atoms with Crippen molar-refractivity contribution in [3.8, 4) is 5.75 Å². The lowest BCUT2D eigenvalue weighted by atomic mass is 9.67. The van der Waals surface area contributed by atoms with Gasteiger partial charge in [-0.3, -0.25) is 5.32 Å². The van der Waals surface area contributed by atoms with Crippen LogP contribution in [-0.2, 0) is 4.74 Å². The quantitative estimate of drug-likeness (QED) is 0.135. The Hall–Kier alpha value is -1.39. The van der Waals surface area contributed by atoms with Crippen LogP contribution in [0.5, 0.6) is 5.75 Å². The number of halogens is 1. The molecule has 1 aromatic carbocycles. The van der Waals surface area contributed by atoms with Crippen LogP contribution in [0.1, 0.15) is 165 Å². The first-order chi connectivity index (χ1) is 21.7. The lowest BCUT2D eigenvalue weighted by Crippen LogP contribution is -2.37. The number of likely N-dealkylation sites (N-methyl/N-ethyl adjacent to an activating group) is 1. The number of allylic oxidation sites excluding steroid dienone is 1. The molecule has 4 heteroatoms. The topological polar surface area (TPSA) is 30.5 Å². The van der Waals surface area contributed by atoms with Crippen LogP contribution < -0.4 is 10.1 Å². The van der Waals surface area contributed by atoms with Gasteiger partial charge < -0.3 is 9.47 Å². The van der Waals surface area contributed by atoms with Crippen molar-refractivity contribution < 1.29 is 13.9 Å². The van der Waals surface area contributed by atoms with Gasteiger partial charge in [-0.15, -0.1) is 0 Å². The molecule has 4 atom stereocenters. The molecule has 0 heterocycles. The highest BCUT2D eigenvalue weighted by Gasteiger charge is 2.35. The molecule has 0 amide bonds. The summed E-state index contributed by atoms with van der Waals surface area (Å²) < 4.78 is 24.3. The van der Waals surface area contributed by atoms with Gasteiger partial charge in [0.2, 0.25) is 5.85 Å². The summed E-state index contributed by atoms with van der Waals surface area (Å²) in [6, 6.07) is 7.30. The molecule has 1 aromatic rings. The van der Waals surface area contributed by atoms with Gasteiger partial charge in [-0.05, 0) is 107 Å². The fraction of sp³-hybridized carbons (Fsp3) is 0.810. The van der Waals surface area contributed by atoms with E-state index in [2.05, 4.69) is 66.8 Å². The fourth-order valence-electron chi connectivity index (χ4n) is 6.50. The minimum atomic E-state index is -1.60. The second-order valence-electron chi connectivity index (χ2n) is 15.5. The number of hydrogen-bond donors (Lipinski definition) is 1. The highest BCUT2D eigenvalue weighted by atomic mass is 19.2. The molecule has 268 valence electrons. The molecule has 1 N–H and O–H groups in total. The van der Waals surface area contributed by atoms with Gasteiger partial charge >= 0.3 is 0 Å². The summed E-state index contributed by atoms with van der Waals surface area (Å²) >= 11 is 0. The molecule has 0 saturated heterocycles. The minimum Gasteiger partial charge on any atom is -0.459 e. The van der Waals surface area contributed by atoms with Crippen LogP contribution in [-0.4, -0.2) is 25.2 Å². The fourth-order valence-corrected chi connectivity index (χ4v) is 6.50. The predicted molar refractivity (Wildman–Crippen MR) is 199 cm³/mol. The summed E-state index contributed by atoms with van der Waals surface area (Å²) in [7, 11) is 2.01. The molecule has 3 nitrogen and oxygen atoms in total. The number of hydrogen-bond acceptors (Lipinski definition) is 3. The van der Waals surface area contributed by atoms with Gasteiger partial charge in [-0.25, -0.2) is 0 Å². The summed E-state index contributed by atoms with van der Waals surface area (Å²) in [5.41, 5.74) is 3.15. The van der Waals surface area contributed by atoms with Crippen molar-refractivity contribution in [3.05, 3.63) is 41.5 Å². The Kier molecular flexibility index (Phi) is 20.7. The minimum absolute atomic E-state index is 0.0627. The first kappa shape index (κ1) is 42.6. The van der Waals surface area contributed by atoms with Crippen molar-refractivity contribution in [1.82, 2.24) is 5.32 Å². The van der Waals surface area contributed by atoms with Gasteiger partial charge in [0, 0.05) is 13.8 Å². The highest BCUT2D eigenvalue weighted by molar-refractivity contribution is 5.26. The zero-order chi connectivity index (χ0) is 34.8. The molecule has 0 spiro atoms. The van der Waals surface area contributed by atoms with E-state index >= 15 is 0 Å². The maximum atomic E-state index is 13.0. The van der Waals surface area contributed by atoms with Gasteiger partial charge in [-0.2, -0.15) is 4.39 Å². The van der Waals surface area contributed by atoms with Crippen molar-refractivity contribution in [2.45, 2.75) is 184 Å². The Morgan fingerprint density at radius 2 is 1.57 bits per heavy atom. The molecule has 2 fully saturated rings. The van der Waals surface area contributed by atoms with E-state index < -0.39 is 5.85 Å². The average Bonchev–Trinajstić information content (AvgIpc) is 3.86. The number of nitrogens with one attached hydrogen (secondary N) is 1. The van der Waals surface area contributed by atoms with Gasteiger partial charge in [0.1, 0.15) is 12.0 Å². The van der Waals surface area contributed by atoms with E-state index in [4.69, 9.17) is 9.47 Å². The zero-order valence-corrected chi connectivity index (χ0v) is 32.4. The van der Waals surface area contributed by atoms with Crippen molar-refractivity contribution in [2.75, 3.05) is 7.05 Å². The Labute approximate surface area is 286 Å². The number of aryl methyl sites for hydroxylation is 1. The first-order valence-electron chi connectivity index (χ1n) is 19.1. The third-order valence-corrected chi connectivity index (χ3v) is 10.6. The maximum Gasteiger partial charge on any atom is 0.242 e. The number of ether oxygens (including phenoxy) is 2. The van der Waals surface area contributed by atoms with Gasteiger partial charge in [0.15, 0.2) is 0 Å². The summed E-state index contributed by atoms with van der Waals surface area (Å²) in [5.74, 6) is 2.58. The monoisotopic (exact) mass is 646 g/mol. The van der Waals surface area contributed by atoms with Crippen molar-refractivity contribution in [3.63, 3.8) is 0 Å². The lowest BCUT2D eigenvalue weighted by Gasteiger charge is -2.42. The molecular formula is C42H76FNO2. The van der Waals surface area contributed by atoms with Crippen LogP contribution in [0.2, 0.25) is 0 Å². The number of rotatable bonds is 17. The van der Waals surface area contributed by atoms with Crippen molar-refractivity contribution in [1.29, 1.82) is 0 Å². The highest BCUT2D eigenvalue weighted by Crippen LogP contribution is 2.45. The maximum absolute atomic E-state index is 13.0. The molecule has 0 aromatic heterocycles. The van der Waals surface area contributed by atoms with E-state index in [1.165, 1.54) is 109 Å². The molecule has 2 aliphatic rings. The molecule has 2 saturated carbocycles. The second-order valence-corrected chi connectivity index (χ2v) is 15.5. The van der Waals surface area contributed by atoms with Crippen LogP contribution in [0.4, 0.5) is 4.39 Å². The van der Waals surface area contributed by atoms with Gasteiger partial charge in [-0.1, -0.05) is 123 Å². The molecule has 0 aliphatic heterocycles. The molecule has 3 rings (SSSR count). The van der Waals surface area contributed by atoms with E-state index in [1.54, 1.807) is 12.1 Å². The molecule has 0 radical (unpaired) electrons. The Morgan fingerprint density at radius 3 is 2.02 bits per heavy atom. The standard InChI is InChI=1S/C22H43NO.C10H13FO.C10H20/c1-8-17(4)16-22(10-3)13-11-20(12-14-22)24-21(23-7)15-19(6)18(5)9-2;1-8-4-6-9(7-5-8)12-10(2,3)11;1-3-4-9(2)5-6-10-7-8-10/h15,17-18,20-21,23H,8-14,16H2,1-7H3;4-7H,1-3H3;9-10H,3-8H2,1-2H3/b19-15-;;. The average molecular weight is 646 g/mol. The van der Waals surface area contributed by atoms with E-state index in [1.807, 2.05) is 26.1 Å². The molecular weight excluding hydrogens is 569 g/mol. The summed E-state index contributed by atoms with van der Waals surface area (Å²) in [5, 5.41) is 3.34. The third-order valence-electron chi connectivity index (χ3n) is 10.6. The van der Waals surface area contributed by atoms with E-state index in [9.17, 15) is 4.39 Å². The lowest BCUT2D eigenvalue weighted by molar-refractivity contribution is -0.0457. The summed E-state index contributed by atoms with van der Waals surface area (Å²) in [6.07, 6.45) is 22.0. The summed E-state index contributed by atoms with van der Waals surface area (Å²) in [4.78, 5) is 0. The van der Waals surface area contributed by atoms with E-state index in [-0.39, 0.29) is 6.23 Å². The molecule has 46 heavy (non-hydrogen) atoms. The van der Waals surface area contributed by atoms with Crippen molar-refractivity contribution in [2.24, 2.45) is 29.1 Å². The van der Waals surface area contributed by atoms with Crippen LogP contribution >= 0.6 is 0 Å². The van der Waals surface area contributed by atoms with Crippen molar-refractivity contribution >= 4 is 0 Å². The molecule has 0 bridgehead atoms. The normalized spacial score (nSPS) is 22.8. The van der Waals surface area contributed by atoms with Gasteiger partial charge in [0.25, 0.3) is 0 Å². The number of alkyl halides is 1. The Bertz CT molecular complexity index is 924. The SMILES string of the molecule is CCC(C)CC1(CC)CCC(OC(/C=C(/C)C(C)CC)NC)CC1.CCCC(C)CCC1CC1.Cc1ccc(OC(C)(C)F)cc1. The van der Waals surface area contributed by atoms with Crippen LogP contribution in [0.15, 0.2) is 35.9 Å². The van der Waals surface area contributed by atoms with E-state index in [0.29, 0.717) is 23.2 Å². The smallest absolute Gasteiger partial charge is 0.242 e. The van der Waals surface area contributed by atoms with E-state index in [0.717, 1.165) is 23.3 Å². The third kappa shape index (κ3) is 18.8. The molecule has 4 unspecified atom stereocenters. The largest absolute Gasteiger partial charge is 0.459 e. The Morgan fingerprint density at radius 1 is 0.957 bits per heavy atom.